The third kappa shape index (κ3) is 3.17. The fraction of sp³-hybridized carbons (Fsp3) is 0.529. The molecule has 2 aliphatic rings. The molecule has 1 saturated carbocycles. The third-order valence-corrected chi connectivity index (χ3v) is 4.65. The van der Waals surface area contributed by atoms with Crippen molar-refractivity contribution in [2.24, 2.45) is 5.92 Å². The summed E-state index contributed by atoms with van der Waals surface area (Å²) in [6, 6.07) is 2.05. The van der Waals surface area contributed by atoms with Crippen LogP contribution in [0.2, 0.25) is 0 Å². The maximum atomic E-state index is 12.5. The van der Waals surface area contributed by atoms with Gasteiger partial charge in [0.15, 0.2) is 0 Å². The second-order valence-corrected chi connectivity index (χ2v) is 6.70. The van der Waals surface area contributed by atoms with Gasteiger partial charge in [-0.05, 0) is 37.3 Å². The average Bonchev–Trinajstić information content (AvgIpc) is 3.24. The molecule has 1 aliphatic heterocycles. The van der Waals surface area contributed by atoms with Gasteiger partial charge in [0.2, 0.25) is 0 Å². The zero-order valence-electron chi connectivity index (χ0n) is 13.8. The highest BCUT2D eigenvalue weighted by Crippen LogP contribution is 2.29. The van der Waals surface area contributed by atoms with Crippen LogP contribution in [0.25, 0.3) is 0 Å². The fourth-order valence-corrected chi connectivity index (χ4v) is 2.82. The van der Waals surface area contributed by atoms with Gasteiger partial charge in [-0.15, -0.1) is 5.10 Å². The lowest BCUT2D eigenvalue weighted by Gasteiger charge is -2.39. The Balaban J connectivity index is 1.30. The number of likely N-dealkylation sites (tertiary alicyclic amines) is 1. The zero-order valence-corrected chi connectivity index (χ0v) is 13.8. The lowest BCUT2D eigenvalue weighted by Crippen LogP contribution is -2.51. The van der Waals surface area contributed by atoms with Crippen molar-refractivity contribution in [3.05, 3.63) is 41.5 Å². The van der Waals surface area contributed by atoms with E-state index in [0.29, 0.717) is 25.3 Å². The highest BCUT2D eigenvalue weighted by atomic mass is 16.5. The van der Waals surface area contributed by atoms with Gasteiger partial charge in [-0.2, -0.15) is 0 Å². The molecular weight excluding hydrogens is 306 g/mol. The van der Waals surface area contributed by atoms with Crippen LogP contribution >= 0.6 is 0 Å². The first-order valence-electron chi connectivity index (χ1n) is 8.39. The van der Waals surface area contributed by atoms with Crippen molar-refractivity contribution in [1.82, 2.24) is 24.9 Å². The summed E-state index contributed by atoms with van der Waals surface area (Å²) >= 11 is 0. The van der Waals surface area contributed by atoms with Crippen LogP contribution in [0.4, 0.5) is 0 Å². The van der Waals surface area contributed by atoms with Crippen molar-refractivity contribution >= 4 is 5.91 Å². The van der Waals surface area contributed by atoms with E-state index >= 15 is 0 Å². The van der Waals surface area contributed by atoms with Crippen molar-refractivity contribution in [3.63, 3.8) is 0 Å². The number of carbonyl (C=O) groups excluding carboxylic acids is 1. The number of rotatable bonds is 6. The van der Waals surface area contributed by atoms with Gasteiger partial charge < -0.3 is 9.64 Å². The van der Waals surface area contributed by atoms with Gasteiger partial charge in [-0.25, -0.2) is 4.68 Å². The minimum Gasteiger partial charge on any atom is -0.375 e. The molecule has 0 N–H and O–H groups in total. The van der Waals surface area contributed by atoms with Crippen molar-refractivity contribution in [2.75, 3.05) is 19.7 Å². The van der Waals surface area contributed by atoms with Crippen LogP contribution in [0.3, 0.4) is 0 Å². The van der Waals surface area contributed by atoms with Crippen LogP contribution in [0.15, 0.2) is 24.7 Å². The van der Waals surface area contributed by atoms with E-state index in [4.69, 9.17) is 4.74 Å². The van der Waals surface area contributed by atoms with Gasteiger partial charge in [0.25, 0.3) is 5.91 Å². The predicted molar refractivity (Wildman–Crippen MR) is 86.3 cm³/mol. The maximum Gasteiger partial charge on any atom is 0.255 e. The van der Waals surface area contributed by atoms with Crippen LogP contribution in [-0.4, -0.2) is 50.5 Å². The fourth-order valence-electron chi connectivity index (χ4n) is 2.82. The van der Waals surface area contributed by atoms with Crippen molar-refractivity contribution in [1.29, 1.82) is 0 Å². The lowest BCUT2D eigenvalue weighted by atomic mass is 10.1. The molecule has 0 bridgehead atoms. The molecule has 2 aromatic heterocycles. The first kappa shape index (κ1) is 15.3. The molecule has 0 unspecified atom stereocenters. The van der Waals surface area contributed by atoms with Gasteiger partial charge in [0.05, 0.1) is 24.4 Å². The number of hydrogen-bond donors (Lipinski definition) is 0. The smallest absolute Gasteiger partial charge is 0.255 e. The molecule has 7 heteroatoms. The monoisotopic (exact) mass is 327 g/mol. The number of ether oxygens (including phenoxy) is 1. The Kier molecular flexibility index (Phi) is 4.02. The quantitative estimate of drug-likeness (QED) is 0.806. The molecule has 2 aromatic rings. The largest absolute Gasteiger partial charge is 0.375 e. The zero-order chi connectivity index (χ0) is 16.5. The van der Waals surface area contributed by atoms with Gasteiger partial charge in [-0.1, -0.05) is 5.21 Å². The van der Waals surface area contributed by atoms with E-state index in [1.54, 1.807) is 12.4 Å². The highest BCUT2D eigenvalue weighted by Gasteiger charge is 2.33. The molecule has 1 aliphatic carbocycles. The molecule has 0 atom stereocenters. The van der Waals surface area contributed by atoms with Gasteiger partial charge in [-0.3, -0.25) is 9.78 Å². The minimum atomic E-state index is 0.0324. The molecule has 1 saturated heterocycles. The van der Waals surface area contributed by atoms with E-state index in [2.05, 4.69) is 15.3 Å². The topological polar surface area (TPSA) is 73.1 Å². The number of aryl methyl sites for hydroxylation is 1. The third-order valence-electron chi connectivity index (χ3n) is 4.65. The number of aromatic nitrogens is 4. The molecule has 0 radical (unpaired) electrons. The summed E-state index contributed by atoms with van der Waals surface area (Å²) in [5, 5.41) is 8.33. The maximum absolute atomic E-state index is 12.5. The van der Waals surface area contributed by atoms with Gasteiger partial charge in [0, 0.05) is 32.1 Å². The summed E-state index contributed by atoms with van der Waals surface area (Å²) in [7, 11) is 0. The van der Waals surface area contributed by atoms with Crippen LogP contribution < -0.4 is 0 Å². The summed E-state index contributed by atoms with van der Waals surface area (Å²) in [5.74, 6) is 0.784. The van der Waals surface area contributed by atoms with Crippen molar-refractivity contribution < 1.29 is 9.53 Å². The number of carbonyl (C=O) groups is 1. The summed E-state index contributed by atoms with van der Waals surface area (Å²) in [6.07, 6.45) is 7.84. The number of pyridine rings is 1. The number of nitrogens with zero attached hydrogens (tertiary/aromatic N) is 5. The summed E-state index contributed by atoms with van der Waals surface area (Å²) in [4.78, 5) is 18.3. The standard InChI is InChI=1S/C17H21N5O2/c1-12-4-5-18-6-16(12)17(23)21-8-15(9-21)22-7-14(19-20-22)11-24-10-13-2-3-13/h4-7,13,15H,2-3,8-11H2,1H3. The Morgan fingerprint density at radius 1 is 1.38 bits per heavy atom. The van der Waals surface area contributed by atoms with Crippen LogP contribution in [0.5, 0.6) is 0 Å². The molecule has 1 amide bonds. The van der Waals surface area contributed by atoms with Crippen molar-refractivity contribution in [2.45, 2.75) is 32.4 Å². The second kappa shape index (κ2) is 6.32. The Bertz CT molecular complexity index is 734. The molecule has 2 fully saturated rings. The lowest BCUT2D eigenvalue weighted by molar-refractivity contribution is 0.0497. The molecule has 3 heterocycles. The second-order valence-electron chi connectivity index (χ2n) is 6.70. The van der Waals surface area contributed by atoms with Crippen molar-refractivity contribution in [3.8, 4) is 0 Å². The normalized spacial score (nSPS) is 17.8. The summed E-state index contributed by atoms with van der Waals surface area (Å²) in [6.45, 7) is 4.57. The summed E-state index contributed by atoms with van der Waals surface area (Å²) in [5.41, 5.74) is 2.47. The first-order valence-corrected chi connectivity index (χ1v) is 8.39. The van der Waals surface area contributed by atoms with Gasteiger partial charge in [0.1, 0.15) is 5.69 Å². The van der Waals surface area contributed by atoms with E-state index < -0.39 is 0 Å². The Hall–Kier alpha value is -2.28. The van der Waals surface area contributed by atoms with E-state index in [0.717, 1.165) is 23.8 Å². The van der Waals surface area contributed by atoms with E-state index in [9.17, 15) is 4.79 Å². The number of hydrogen-bond acceptors (Lipinski definition) is 5. The van der Waals surface area contributed by atoms with Gasteiger partial charge >= 0.3 is 0 Å². The van der Waals surface area contributed by atoms with Crippen LogP contribution in [-0.2, 0) is 11.3 Å². The van der Waals surface area contributed by atoms with Crippen LogP contribution in [0.1, 0.15) is 40.5 Å². The Morgan fingerprint density at radius 2 is 2.21 bits per heavy atom. The number of amides is 1. The molecule has 7 nitrogen and oxygen atoms in total. The predicted octanol–water partition coefficient (Wildman–Crippen LogP) is 1.61. The van der Waals surface area contributed by atoms with E-state index in [1.807, 2.05) is 28.8 Å². The average molecular weight is 327 g/mol. The SMILES string of the molecule is Cc1ccncc1C(=O)N1CC(n2cc(COCC3CC3)nn2)C1. The van der Waals surface area contributed by atoms with Crippen LogP contribution in [0, 0.1) is 12.8 Å². The molecule has 126 valence electrons. The van der Waals surface area contributed by atoms with E-state index in [1.165, 1.54) is 12.8 Å². The molecule has 0 spiro atoms. The molecule has 0 aromatic carbocycles. The molecular formula is C17H21N5O2. The minimum absolute atomic E-state index is 0.0324. The Morgan fingerprint density at radius 3 is 2.96 bits per heavy atom. The summed E-state index contributed by atoms with van der Waals surface area (Å²) < 4.78 is 7.47. The molecule has 24 heavy (non-hydrogen) atoms. The molecule has 4 rings (SSSR count). The first-order chi connectivity index (χ1) is 11.7. The highest BCUT2D eigenvalue weighted by molar-refractivity contribution is 5.95. The van der Waals surface area contributed by atoms with E-state index in [-0.39, 0.29) is 11.9 Å². The Labute approximate surface area is 140 Å².